The highest BCUT2D eigenvalue weighted by Gasteiger charge is 2.20. The van der Waals surface area contributed by atoms with Crippen LogP contribution in [0.3, 0.4) is 0 Å². The third kappa shape index (κ3) is 5.43. The average molecular weight is 502 g/mol. The average Bonchev–Trinajstić information content (AvgIpc) is 3.35. The highest BCUT2D eigenvalue weighted by atomic mass is 35.5. The van der Waals surface area contributed by atoms with Crippen LogP contribution in [-0.4, -0.2) is 60.6 Å². The number of hydrogen-bond acceptors (Lipinski definition) is 9. The molecule has 0 saturated carbocycles. The summed E-state index contributed by atoms with van der Waals surface area (Å²) in [6, 6.07) is 8.88. The maximum atomic E-state index is 6.28. The number of hydrazone groups is 1. The van der Waals surface area contributed by atoms with Crippen molar-refractivity contribution in [2.45, 2.75) is 19.3 Å². The van der Waals surface area contributed by atoms with Crippen molar-refractivity contribution in [1.29, 1.82) is 0 Å². The first-order valence-corrected chi connectivity index (χ1v) is 12.1. The lowest BCUT2D eigenvalue weighted by Crippen LogP contribution is -2.38. The topological polar surface area (TPSA) is 91.9 Å². The molecule has 178 valence electrons. The van der Waals surface area contributed by atoms with Crippen molar-refractivity contribution in [3.05, 3.63) is 46.1 Å². The summed E-state index contributed by atoms with van der Waals surface area (Å²) in [6.45, 7) is 4.68. The zero-order valence-corrected chi connectivity index (χ0v) is 20.1. The predicted molar refractivity (Wildman–Crippen MR) is 134 cm³/mol. The Morgan fingerprint density at radius 1 is 0.882 bits per heavy atom. The number of benzene rings is 1. The summed E-state index contributed by atoms with van der Waals surface area (Å²) in [5.74, 6) is 2.85. The number of piperidine rings is 1. The van der Waals surface area contributed by atoms with Gasteiger partial charge in [0.25, 0.3) is 0 Å². The minimum atomic E-state index is 0.387. The van der Waals surface area contributed by atoms with Crippen LogP contribution in [0.2, 0.25) is 10.0 Å². The van der Waals surface area contributed by atoms with Crippen molar-refractivity contribution in [3.8, 4) is 11.3 Å². The molecule has 2 fully saturated rings. The highest BCUT2D eigenvalue weighted by Crippen LogP contribution is 2.31. The van der Waals surface area contributed by atoms with Crippen LogP contribution >= 0.6 is 23.2 Å². The molecule has 2 saturated heterocycles. The van der Waals surface area contributed by atoms with E-state index in [0.717, 1.165) is 44.6 Å². The number of rotatable bonds is 6. The number of halogens is 2. The van der Waals surface area contributed by atoms with Crippen molar-refractivity contribution in [1.82, 2.24) is 15.0 Å². The number of anilines is 3. The molecule has 0 aliphatic carbocycles. The molecule has 1 aromatic carbocycles. The summed E-state index contributed by atoms with van der Waals surface area (Å²) in [5, 5.41) is 5.44. The molecule has 2 aliphatic heterocycles. The van der Waals surface area contributed by atoms with Crippen molar-refractivity contribution in [2.75, 3.05) is 54.6 Å². The van der Waals surface area contributed by atoms with E-state index in [1.165, 1.54) is 6.42 Å². The Balaban J connectivity index is 1.34. The van der Waals surface area contributed by atoms with Gasteiger partial charge in [-0.1, -0.05) is 23.2 Å². The monoisotopic (exact) mass is 501 g/mol. The lowest BCUT2D eigenvalue weighted by atomic mass is 10.1. The summed E-state index contributed by atoms with van der Waals surface area (Å²) >= 11 is 12.4. The van der Waals surface area contributed by atoms with Crippen LogP contribution in [0.5, 0.6) is 0 Å². The number of furan rings is 1. The molecular formula is C23H25Cl2N7O2. The van der Waals surface area contributed by atoms with E-state index in [9.17, 15) is 0 Å². The molecular weight excluding hydrogens is 477 g/mol. The molecule has 0 radical (unpaired) electrons. The third-order valence-electron chi connectivity index (χ3n) is 5.72. The fraction of sp³-hybridized carbons (Fsp3) is 0.391. The van der Waals surface area contributed by atoms with Gasteiger partial charge >= 0.3 is 0 Å². The molecule has 4 heterocycles. The summed E-state index contributed by atoms with van der Waals surface area (Å²) < 4.78 is 11.3. The smallest absolute Gasteiger partial charge is 0.250 e. The Hall–Kier alpha value is -2.88. The van der Waals surface area contributed by atoms with Gasteiger partial charge in [-0.05, 0) is 49.6 Å². The molecule has 5 rings (SSSR count). The van der Waals surface area contributed by atoms with E-state index in [2.05, 4.69) is 30.3 Å². The van der Waals surface area contributed by atoms with Gasteiger partial charge < -0.3 is 19.0 Å². The Morgan fingerprint density at radius 2 is 1.62 bits per heavy atom. The molecule has 3 aromatic rings. The van der Waals surface area contributed by atoms with E-state index >= 15 is 0 Å². The van der Waals surface area contributed by atoms with E-state index in [0.29, 0.717) is 52.6 Å². The van der Waals surface area contributed by atoms with Gasteiger partial charge in [-0.25, -0.2) is 5.43 Å². The normalized spacial score (nSPS) is 16.9. The number of hydrogen-bond donors (Lipinski definition) is 1. The minimum Gasteiger partial charge on any atom is -0.455 e. The third-order valence-corrected chi connectivity index (χ3v) is 6.29. The van der Waals surface area contributed by atoms with Crippen LogP contribution in [0, 0.1) is 0 Å². The van der Waals surface area contributed by atoms with Gasteiger partial charge in [0.1, 0.15) is 11.5 Å². The number of aromatic nitrogens is 3. The van der Waals surface area contributed by atoms with Crippen LogP contribution in [0.4, 0.5) is 17.8 Å². The molecule has 2 aromatic heterocycles. The zero-order chi connectivity index (χ0) is 23.3. The first-order valence-electron chi connectivity index (χ1n) is 11.3. The van der Waals surface area contributed by atoms with Crippen LogP contribution in [-0.2, 0) is 4.74 Å². The molecule has 0 unspecified atom stereocenters. The highest BCUT2D eigenvalue weighted by molar-refractivity contribution is 6.35. The van der Waals surface area contributed by atoms with E-state index in [1.54, 1.807) is 24.4 Å². The summed E-state index contributed by atoms with van der Waals surface area (Å²) in [5.41, 5.74) is 3.66. The quantitative estimate of drug-likeness (QED) is 0.383. The van der Waals surface area contributed by atoms with E-state index in [4.69, 9.17) is 37.3 Å². The van der Waals surface area contributed by atoms with E-state index in [1.807, 2.05) is 12.1 Å². The van der Waals surface area contributed by atoms with Crippen molar-refractivity contribution in [2.24, 2.45) is 5.10 Å². The van der Waals surface area contributed by atoms with E-state index in [-0.39, 0.29) is 0 Å². The standard InChI is InChI=1S/C23H25Cl2N7O2/c24-16-4-6-19(25)18(14-16)20-7-5-17(34-20)15-26-30-21-27-22(31-8-2-1-3-9-31)29-23(28-21)32-10-12-33-13-11-32/h4-7,14-15H,1-3,8-13H2,(H,27,28,29,30)/b26-15+. The first-order chi connectivity index (χ1) is 16.7. The maximum Gasteiger partial charge on any atom is 0.250 e. The predicted octanol–water partition coefficient (Wildman–Crippen LogP) is 4.71. The molecule has 1 N–H and O–H groups in total. The Kier molecular flexibility index (Phi) is 7.13. The minimum absolute atomic E-state index is 0.387. The van der Waals surface area contributed by atoms with Gasteiger partial charge in [-0.15, -0.1) is 0 Å². The van der Waals surface area contributed by atoms with Crippen LogP contribution < -0.4 is 15.2 Å². The molecule has 0 amide bonds. The number of morpholine rings is 1. The fourth-order valence-corrected chi connectivity index (χ4v) is 4.33. The Morgan fingerprint density at radius 3 is 2.38 bits per heavy atom. The van der Waals surface area contributed by atoms with Crippen LogP contribution in [0.25, 0.3) is 11.3 Å². The molecule has 0 bridgehead atoms. The van der Waals surface area contributed by atoms with Gasteiger partial charge in [0, 0.05) is 36.8 Å². The number of nitrogens with zero attached hydrogens (tertiary/aromatic N) is 6. The first kappa shape index (κ1) is 22.9. The molecule has 34 heavy (non-hydrogen) atoms. The SMILES string of the molecule is Clc1ccc(Cl)c(-c2ccc(/C=N/Nc3nc(N4CCCCC4)nc(N4CCOCC4)n3)o2)c1. The fourth-order valence-electron chi connectivity index (χ4n) is 3.95. The zero-order valence-electron chi connectivity index (χ0n) is 18.6. The van der Waals surface area contributed by atoms with Gasteiger partial charge in [-0.3, -0.25) is 0 Å². The van der Waals surface area contributed by atoms with Crippen molar-refractivity contribution < 1.29 is 9.15 Å². The van der Waals surface area contributed by atoms with Gasteiger partial charge in [0.05, 0.1) is 24.5 Å². The molecule has 11 heteroatoms. The van der Waals surface area contributed by atoms with Gasteiger partial charge in [0.15, 0.2) is 0 Å². The summed E-state index contributed by atoms with van der Waals surface area (Å²) in [4.78, 5) is 18.3. The second-order valence-corrected chi connectivity index (χ2v) is 8.95. The molecule has 0 atom stereocenters. The summed E-state index contributed by atoms with van der Waals surface area (Å²) in [6.07, 6.45) is 5.08. The largest absolute Gasteiger partial charge is 0.455 e. The lowest BCUT2D eigenvalue weighted by Gasteiger charge is -2.30. The molecule has 9 nitrogen and oxygen atoms in total. The van der Waals surface area contributed by atoms with Crippen molar-refractivity contribution in [3.63, 3.8) is 0 Å². The van der Waals surface area contributed by atoms with Crippen molar-refractivity contribution >= 4 is 47.3 Å². The Labute approximate surface area is 207 Å². The summed E-state index contributed by atoms with van der Waals surface area (Å²) in [7, 11) is 0. The number of nitrogens with one attached hydrogen (secondary N) is 1. The number of ether oxygens (including phenoxy) is 1. The van der Waals surface area contributed by atoms with E-state index < -0.39 is 0 Å². The Bertz CT molecular complexity index is 1120. The van der Waals surface area contributed by atoms with Gasteiger partial charge in [-0.2, -0.15) is 20.1 Å². The second kappa shape index (κ2) is 10.6. The maximum absolute atomic E-state index is 6.28. The molecule has 0 spiro atoms. The van der Waals surface area contributed by atoms with Crippen LogP contribution in [0.15, 0.2) is 39.9 Å². The lowest BCUT2D eigenvalue weighted by molar-refractivity contribution is 0.122. The second-order valence-electron chi connectivity index (χ2n) is 8.10. The van der Waals surface area contributed by atoms with Gasteiger partial charge in [0.2, 0.25) is 17.8 Å². The molecule has 2 aliphatic rings. The van der Waals surface area contributed by atoms with Crippen LogP contribution in [0.1, 0.15) is 25.0 Å².